The molecule has 0 radical (unpaired) electrons. The van der Waals surface area contributed by atoms with E-state index in [-0.39, 0.29) is 0 Å². The van der Waals surface area contributed by atoms with E-state index in [4.69, 9.17) is 4.98 Å². The van der Waals surface area contributed by atoms with Crippen LogP contribution in [-0.4, -0.2) is 21.5 Å². The lowest BCUT2D eigenvalue weighted by atomic mass is 10.1. The van der Waals surface area contributed by atoms with Crippen molar-refractivity contribution in [2.75, 3.05) is 11.9 Å². The lowest BCUT2D eigenvalue weighted by molar-refractivity contribution is 0.920. The van der Waals surface area contributed by atoms with Crippen molar-refractivity contribution in [2.45, 2.75) is 40.5 Å². The van der Waals surface area contributed by atoms with Gasteiger partial charge < -0.3 is 10.3 Å². The Labute approximate surface area is 149 Å². The smallest absolute Gasteiger partial charge is 0.134 e. The van der Waals surface area contributed by atoms with Gasteiger partial charge in [0.25, 0.3) is 0 Å². The average molecular weight is 334 g/mol. The number of anilines is 1. The van der Waals surface area contributed by atoms with Crippen LogP contribution in [0.15, 0.2) is 42.1 Å². The summed E-state index contributed by atoms with van der Waals surface area (Å²) in [4.78, 5) is 12.6. The van der Waals surface area contributed by atoms with Gasteiger partial charge in [0.05, 0.1) is 0 Å². The third kappa shape index (κ3) is 4.08. The first-order valence-electron chi connectivity index (χ1n) is 8.81. The molecule has 0 saturated heterocycles. The molecule has 4 nitrogen and oxygen atoms in total. The van der Waals surface area contributed by atoms with E-state index in [9.17, 15) is 0 Å². The Kier molecular flexibility index (Phi) is 5.17. The van der Waals surface area contributed by atoms with Gasteiger partial charge in [-0.15, -0.1) is 0 Å². The Morgan fingerprint density at radius 1 is 1.16 bits per heavy atom. The van der Waals surface area contributed by atoms with Crippen LogP contribution in [0.3, 0.4) is 0 Å². The molecule has 0 aliphatic rings. The van der Waals surface area contributed by atoms with Gasteiger partial charge in [-0.3, -0.25) is 0 Å². The second-order valence-corrected chi connectivity index (χ2v) is 6.72. The molecule has 0 aliphatic heterocycles. The van der Waals surface area contributed by atoms with Gasteiger partial charge in [0.1, 0.15) is 11.6 Å². The lowest BCUT2D eigenvalue weighted by Gasteiger charge is -2.12. The summed E-state index contributed by atoms with van der Waals surface area (Å²) in [5.41, 5.74) is 5.98. The van der Waals surface area contributed by atoms with Crippen LogP contribution in [0.2, 0.25) is 0 Å². The van der Waals surface area contributed by atoms with Crippen molar-refractivity contribution in [3.8, 4) is 0 Å². The average Bonchev–Trinajstić information content (AvgIpc) is 3.00. The van der Waals surface area contributed by atoms with Gasteiger partial charge in [0.15, 0.2) is 0 Å². The maximum atomic E-state index is 4.71. The Bertz CT molecular complexity index is 901. The van der Waals surface area contributed by atoms with Crippen molar-refractivity contribution in [1.29, 1.82) is 0 Å². The molecular weight excluding hydrogens is 308 g/mol. The highest BCUT2D eigenvalue weighted by Gasteiger charge is 2.08. The zero-order valence-electron chi connectivity index (χ0n) is 15.5. The molecule has 0 saturated carbocycles. The standard InChI is InChI=1S/C21H26N4/c1-14(2)9-10-20-24-16(4)15(3)21(25-20)22-12-11-17-13-23-19-8-6-5-7-18(17)19/h5-9,13,23H,10-12H2,1-4H3,(H,22,24,25). The minimum Gasteiger partial charge on any atom is -0.369 e. The second-order valence-electron chi connectivity index (χ2n) is 6.72. The topological polar surface area (TPSA) is 53.6 Å². The number of hydrogen-bond donors (Lipinski definition) is 2. The molecule has 2 aromatic heterocycles. The molecule has 0 atom stereocenters. The predicted molar refractivity (Wildman–Crippen MR) is 105 cm³/mol. The molecule has 25 heavy (non-hydrogen) atoms. The molecule has 0 fully saturated rings. The number of H-pyrrole nitrogens is 1. The molecule has 4 heteroatoms. The normalized spacial score (nSPS) is 10.9. The van der Waals surface area contributed by atoms with E-state index < -0.39 is 0 Å². The van der Waals surface area contributed by atoms with Gasteiger partial charge in [-0.1, -0.05) is 29.8 Å². The minimum absolute atomic E-state index is 0.778. The second kappa shape index (κ2) is 7.51. The van der Waals surface area contributed by atoms with Gasteiger partial charge in [-0.05, 0) is 45.7 Å². The highest BCUT2D eigenvalue weighted by molar-refractivity contribution is 5.83. The van der Waals surface area contributed by atoms with Crippen molar-refractivity contribution >= 4 is 16.7 Å². The van der Waals surface area contributed by atoms with E-state index in [1.165, 1.54) is 22.0 Å². The zero-order chi connectivity index (χ0) is 17.8. The minimum atomic E-state index is 0.778. The molecule has 0 spiro atoms. The van der Waals surface area contributed by atoms with Crippen LogP contribution >= 0.6 is 0 Å². The molecular formula is C21H26N4. The number of rotatable bonds is 6. The number of aryl methyl sites for hydroxylation is 1. The zero-order valence-corrected chi connectivity index (χ0v) is 15.5. The molecule has 1 aromatic carbocycles. The maximum absolute atomic E-state index is 4.71. The van der Waals surface area contributed by atoms with Gasteiger partial charge in [0, 0.05) is 41.3 Å². The van der Waals surface area contributed by atoms with Crippen molar-refractivity contribution in [1.82, 2.24) is 15.0 Å². The molecule has 2 N–H and O–H groups in total. The van der Waals surface area contributed by atoms with E-state index >= 15 is 0 Å². The van der Waals surface area contributed by atoms with Crippen LogP contribution in [0.4, 0.5) is 5.82 Å². The summed E-state index contributed by atoms with van der Waals surface area (Å²) in [6.07, 6.45) is 6.00. The third-order valence-corrected chi connectivity index (χ3v) is 4.49. The Balaban J connectivity index is 1.71. The highest BCUT2D eigenvalue weighted by Crippen LogP contribution is 2.19. The molecule has 130 valence electrons. The largest absolute Gasteiger partial charge is 0.369 e. The monoisotopic (exact) mass is 334 g/mol. The van der Waals surface area contributed by atoms with Gasteiger partial charge in [-0.25, -0.2) is 9.97 Å². The van der Waals surface area contributed by atoms with E-state index in [0.29, 0.717) is 0 Å². The maximum Gasteiger partial charge on any atom is 0.134 e. The van der Waals surface area contributed by atoms with Crippen molar-refractivity contribution in [3.05, 3.63) is 64.8 Å². The van der Waals surface area contributed by atoms with Crippen molar-refractivity contribution in [2.24, 2.45) is 0 Å². The number of nitrogens with one attached hydrogen (secondary N) is 2. The summed E-state index contributed by atoms with van der Waals surface area (Å²) in [5, 5.41) is 4.79. The van der Waals surface area contributed by atoms with Crippen LogP contribution in [0.25, 0.3) is 10.9 Å². The first kappa shape index (κ1) is 17.2. The summed E-state index contributed by atoms with van der Waals surface area (Å²) in [7, 11) is 0. The number of allylic oxidation sites excluding steroid dienone is 2. The summed E-state index contributed by atoms with van der Waals surface area (Å²) in [5.74, 6) is 1.82. The molecule has 3 aromatic rings. The van der Waals surface area contributed by atoms with Crippen molar-refractivity contribution in [3.63, 3.8) is 0 Å². The summed E-state index contributed by atoms with van der Waals surface area (Å²) in [6.45, 7) is 9.17. The third-order valence-electron chi connectivity index (χ3n) is 4.49. The molecule has 0 amide bonds. The number of fused-ring (bicyclic) bond motifs is 1. The van der Waals surface area contributed by atoms with Crippen LogP contribution < -0.4 is 5.32 Å². The van der Waals surface area contributed by atoms with Gasteiger partial charge in [-0.2, -0.15) is 0 Å². The fourth-order valence-corrected chi connectivity index (χ4v) is 2.90. The molecule has 0 unspecified atom stereocenters. The van der Waals surface area contributed by atoms with Gasteiger partial charge in [0.2, 0.25) is 0 Å². The first-order valence-corrected chi connectivity index (χ1v) is 8.81. The quantitative estimate of drug-likeness (QED) is 0.640. The summed E-state index contributed by atoms with van der Waals surface area (Å²) >= 11 is 0. The number of aromatic nitrogens is 3. The molecule has 0 aliphatic carbocycles. The fourth-order valence-electron chi connectivity index (χ4n) is 2.90. The Hall–Kier alpha value is -2.62. The SMILES string of the molecule is CC(C)=CCc1nc(C)c(C)c(NCCc2c[nH]c3ccccc23)n1. The fraction of sp³-hybridized carbons (Fsp3) is 0.333. The molecule has 3 rings (SSSR count). The van der Waals surface area contributed by atoms with Crippen LogP contribution in [-0.2, 0) is 12.8 Å². The number of hydrogen-bond acceptors (Lipinski definition) is 3. The van der Waals surface area contributed by atoms with E-state index in [0.717, 1.165) is 42.3 Å². The molecule has 2 heterocycles. The van der Waals surface area contributed by atoms with E-state index in [1.807, 2.05) is 6.92 Å². The van der Waals surface area contributed by atoms with Crippen LogP contribution in [0.1, 0.15) is 36.5 Å². The van der Waals surface area contributed by atoms with E-state index in [1.54, 1.807) is 0 Å². The number of aromatic amines is 1. The summed E-state index contributed by atoms with van der Waals surface area (Å²) < 4.78 is 0. The number of nitrogens with zero attached hydrogens (tertiary/aromatic N) is 2. The highest BCUT2D eigenvalue weighted by atomic mass is 15.0. The lowest BCUT2D eigenvalue weighted by Crippen LogP contribution is -2.11. The molecule has 0 bridgehead atoms. The summed E-state index contributed by atoms with van der Waals surface area (Å²) in [6, 6.07) is 8.42. The van der Waals surface area contributed by atoms with Crippen LogP contribution in [0.5, 0.6) is 0 Å². The first-order chi connectivity index (χ1) is 12.0. The van der Waals surface area contributed by atoms with Gasteiger partial charge >= 0.3 is 0 Å². The number of benzene rings is 1. The predicted octanol–water partition coefficient (Wildman–Crippen LogP) is 4.74. The van der Waals surface area contributed by atoms with E-state index in [2.05, 4.69) is 72.6 Å². The number of para-hydroxylation sites is 1. The van der Waals surface area contributed by atoms with Crippen molar-refractivity contribution < 1.29 is 0 Å². The Morgan fingerprint density at radius 2 is 1.96 bits per heavy atom. The Morgan fingerprint density at radius 3 is 2.76 bits per heavy atom. The van der Waals surface area contributed by atoms with Crippen LogP contribution in [0, 0.1) is 13.8 Å².